The fourth-order valence-electron chi connectivity index (χ4n) is 4.31. The minimum absolute atomic E-state index is 0.575. The first-order valence-electron chi connectivity index (χ1n) is 9.95. The normalized spacial score (nSPS) is 16.8. The second kappa shape index (κ2) is 7.25. The van der Waals surface area contributed by atoms with Crippen LogP contribution >= 0.6 is 0 Å². The highest BCUT2D eigenvalue weighted by molar-refractivity contribution is 5.59. The summed E-state index contributed by atoms with van der Waals surface area (Å²) in [6, 6.07) is 9.68. The van der Waals surface area contributed by atoms with Gasteiger partial charge in [-0.3, -0.25) is 0 Å². The molecule has 2 aliphatic rings. The van der Waals surface area contributed by atoms with E-state index in [1.54, 1.807) is 12.3 Å². The van der Waals surface area contributed by atoms with E-state index in [9.17, 15) is 5.26 Å². The van der Waals surface area contributed by atoms with E-state index in [1.807, 2.05) is 22.9 Å². The first-order valence-corrected chi connectivity index (χ1v) is 9.95. The molecule has 3 aromatic rings. The van der Waals surface area contributed by atoms with Crippen LogP contribution in [0.5, 0.6) is 0 Å². The molecule has 1 aliphatic heterocycles. The van der Waals surface area contributed by atoms with Crippen LogP contribution in [-0.4, -0.2) is 21.4 Å². The number of aromatic nitrogens is 3. The molecule has 1 fully saturated rings. The third kappa shape index (κ3) is 3.12. The van der Waals surface area contributed by atoms with Gasteiger partial charge in [0.25, 0.3) is 0 Å². The molecule has 1 aromatic carbocycles. The van der Waals surface area contributed by atoms with E-state index in [0.29, 0.717) is 30.5 Å². The van der Waals surface area contributed by atoms with Gasteiger partial charge in [0.2, 0.25) is 0 Å². The highest BCUT2D eigenvalue weighted by atomic mass is 16.5. The molecule has 28 heavy (non-hydrogen) atoms. The summed E-state index contributed by atoms with van der Waals surface area (Å²) in [5, 5.41) is 14.1. The number of hydrogen-bond donors (Lipinski definition) is 0. The number of ether oxygens (including phenoxy) is 1. The lowest BCUT2D eigenvalue weighted by atomic mass is 10.0. The number of rotatable bonds is 4. The molecule has 6 heteroatoms. The molecular formula is C22H22N4O2. The lowest BCUT2D eigenvalue weighted by Gasteiger charge is -2.12. The average molecular weight is 374 g/mol. The average Bonchev–Trinajstić information content (AvgIpc) is 3.48. The molecule has 0 amide bonds. The SMILES string of the molecule is N#Cc1cccc(-n2nc(CC3CCCC3)nc2-c2occ3c2CCOC3)c1. The van der Waals surface area contributed by atoms with Gasteiger partial charge in [0.15, 0.2) is 17.4 Å². The zero-order valence-corrected chi connectivity index (χ0v) is 15.7. The van der Waals surface area contributed by atoms with E-state index in [2.05, 4.69) is 6.07 Å². The summed E-state index contributed by atoms with van der Waals surface area (Å²) in [4.78, 5) is 4.89. The topological polar surface area (TPSA) is 76.9 Å². The van der Waals surface area contributed by atoms with Crippen LogP contribution in [0.4, 0.5) is 0 Å². The van der Waals surface area contributed by atoms with Crippen molar-refractivity contribution in [2.24, 2.45) is 5.92 Å². The summed E-state index contributed by atoms with van der Waals surface area (Å²) >= 11 is 0. The number of furan rings is 1. The molecule has 0 saturated heterocycles. The van der Waals surface area contributed by atoms with Crippen molar-refractivity contribution in [3.05, 3.63) is 53.0 Å². The van der Waals surface area contributed by atoms with Crippen LogP contribution < -0.4 is 0 Å². The van der Waals surface area contributed by atoms with Gasteiger partial charge in [-0.15, -0.1) is 0 Å². The van der Waals surface area contributed by atoms with E-state index in [0.717, 1.165) is 41.2 Å². The Balaban J connectivity index is 1.60. The van der Waals surface area contributed by atoms with Crippen LogP contribution in [0.15, 0.2) is 34.9 Å². The van der Waals surface area contributed by atoms with Gasteiger partial charge < -0.3 is 9.15 Å². The standard InChI is InChI=1S/C22H22N4O2/c23-12-16-6-3-7-18(10-16)26-22(21-19-8-9-27-13-17(19)14-28-21)24-20(25-26)11-15-4-1-2-5-15/h3,6-7,10,14-15H,1-2,4-5,8-9,11,13H2. The molecule has 0 radical (unpaired) electrons. The largest absolute Gasteiger partial charge is 0.460 e. The van der Waals surface area contributed by atoms with Crippen molar-refractivity contribution in [2.45, 2.75) is 45.1 Å². The van der Waals surface area contributed by atoms with Crippen LogP contribution in [0.2, 0.25) is 0 Å². The van der Waals surface area contributed by atoms with E-state index in [4.69, 9.17) is 19.2 Å². The molecule has 1 aliphatic carbocycles. The molecule has 0 spiro atoms. The van der Waals surface area contributed by atoms with Crippen LogP contribution in [0.25, 0.3) is 17.3 Å². The van der Waals surface area contributed by atoms with Gasteiger partial charge in [-0.05, 0) is 24.1 Å². The summed E-state index contributed by atoms with van der Waals surface area (Å²) in [6.45, 7) is 1.26. The number of hydrogen-bond acceptors (Lipinski definition) is 5. The minimum Gasteiger partial charge on any atom is -0.460 e. The molecule has 1 saturated carbocycles. The Labute approximate surface area is 163 Å². The third-order valence-electron chi connectivity index (χ3n) is 5.75. The van der Waals surface area contributed by atoms with Crippen molar-refractivity contribution < 1.29 is 9.15 Å². The van der Waals surface area contributed by atoms with Crippen LogP contribution in [0.3, 0.4) is 0 Å². The van der Waals surface area contributed by atoms with Crippen molar-refractivity contribution in [2.75, 3.05) is 6.61 Å². The lowest BCUT2D eigenvalue weighted by Crippen LogP contribution is -2.09. The maximum atomic E-state index is 9.29. The van der Waals surface area contributed by atoms with Gasteiger partial charge in [0, 0.05) is 24.0 Å². The Morgan fingerprint density at radius 1 is 1.25 bits per heavy atom. The lowest BCUT2D eigenvalue weighted by molar-refractivity contribution is 0.111. The van der Waals surface area contributed by atoms with Gasteiger partial charge in [-0.1, -0.05) is 31.7 Å². The van der Waals surface area contributed by atoms with Crippen molar-refractivity contribution in [3.8, 4) is 23.3 Å². The van der Waals surface area contributed by atoms with E-state index >= 15 is 0 Å². The van der Waals surface area contributed by atoms with Gasteiger partial charge in [0.05, 0.1) is 36.8 Å². The fraction of sp³-hybridized carbons (Fsp3) is 0.409. The maximum absolute atomic E-state index is 9.29. The third-order valence-corrected chi connectivity index (χ3v) is 5.75. The molecule has 6 nitrogen and oxygen atoms in total. The summed E-state index contributed by atoms with van der Waals surface area (Å²) < 4.78 is 13.3. The Bertz CT molecular complexity index is 1040. The second-order valence-corrected chi connectivity index (χ2v) is 7.65. The molecular weight excluding hydrogens is 352 g/mol. The second-order valence-electron chi connectivity index (χ2n) is 7.65. The number of benzene rings is 1. The molecule has 0 unspecified atom stereocenters. The molecule has 142 valence electrons. The van der Waals surface area contributed by atoms with Crippen LogP contribution in [-0.2, 0) is 24.2 Å². The van der Waals surface area contributed by atoms with Gasteiger partial charge in [-0.25, -0.2) is 9.67 Å². The highest BCUT2D eigenvalue weighted by Gasteiger charge is 2.26. The molecule has 3 heterocycles. The van der Waals surface area contributed by atoms with E-state index in [-0.39, 0.29) is 0 Å². The van der Waals surface area contributed by atoms with Crippen molar-refractivity contribution >= 4 is 0 Å². The Morgan fingerprint density at radius 3 is 3.00 bits per heavy atom. The quantitative estimate of drug-likeness (QED) is 0.684. The minimum atomic E-state index is 0.575. The molecule has 5 rings (SSSR count). The molecule has 2 aromatic heterocycles. The first kappa shape index (κ1) is 17.2. The number of nitrogens with zero attached hydrogens (tertiary/aromatic N) is 4. The van der Waals surface area contributed by atoms with Crippen molar-refractivity contribution in [3.63, 3.8) is 0 Å². The van der Waals surface area contributed by atoms with Crippen molar-refractivity contribution in [1.82, 2.24) is 14.8 Å². The van der Waals surface area contributed by atoms with Crippen LogP contribution in [0, 0.1) is 17.2 Å². The smallest absolute Gasteiger partial charge is 0.199 e. The van der Waals surface area contributed by atoms with Gasteiger partial charge >= 0.3 is 0 Å². The van der Waals surface area contributed by atoms with Gasteiger partial charge in [-0.2, -0.15) is 10.4 Å². The summed E-state index contributed by atoms with van der Waals surface area (Å²) in [6.07, 6.45) is 8.57. The fourth-order valence-corrected chi connectivity index (χ4v) is 4.31. The van der Waals surface area contributed by atoms with Gasteiger partial charge in [0.1, 0.15) is 0 Å². The molecule has 0 bridgehead atoms. The molecule has 0 N–H and O–H groups in total. The Morgan fingerprint density at radius 2 is 2.14 bits per heavy atom. The van der Waals surface area contributed by atoms with E-state index < -0.39 is 0 Å². The van der Waals surface area contributed by atoms with Crippen LogP contribution in [0.1, 0.15) is 48.2 Å². The van der Waals surface area contributed by atoms with E-state index in [1.165, 1.54) is 25.7 Å². The predicted molar refractivity (Wildman–Crippen MR) is 103 cm³/mol. The summed E-state index contributed by atoms with van der Waals surface area (Å²) in [7, 11) is 0. The maximum Gasteiger partial charge on any atom is 0.199 e. The monoisotopic (exact) mass is 374 g/mol. The first-order chi connectivity index (χ1) is 13.8. The highest BCUT2D eigenvalue weighted by Crippen LogP contribution is 2.33. The Hall–Kier alpha value is -2.91. The van der Waals surface area contributed by atoms with Crippen molar-refractivity contribution in [1.29, 1.82) is 5.26 Å². The number of fused-ring (bicyclic) bond motifs is 1. The molecule has 0 atom stereocenters. The summed E-state index contributed by atoms with van der Waals surface area (Å²) in [5.41, 5.74) is 3.67. The Kier molecular flexibility index (Phi) is 4.46. The zero-order chi connectivity index (χ0) is 18.9. The predicted octanol–water partition coefficient (Wildman–Crippen LogP) is 4.20. The number of nitriles is 1. The summed E-state index contributed by atoms with van der Waals surface area (Å²) in [5.74, 6) is 2.99. The zero-order valence-electron chi connectivity index (χ0n) is 15.7.